The first kappa shape index (κ1) is 23.5. The Morgan fingerprint density at radius 3 is 2.58 bits per heavy atom. The number of methoxy groups -OCH3 is 1. The van der Waals surface area contributed by atoms with Gasteiger partial charge in [0.25, 0.3) is 0 Å². The molecule has 0 aromatic heterocycles. The summed E-state index contributed by atoms with van der Waals surface area (Å²) in [5.74, 6) is 1.11. The molecule has 0 amide bonds. The molecule has 2 aliphatic rings. The van der Waals surface area contributed by atoms with Crippen LogP contribution in [-0.4, -0.2) is 87.5 Å². The Bertz CT molecular complexity index is 911. The van der Waals surface area contributed by atoms with Crippen LogP contribution in [0, 0.1) is 0 Å². The Kier molecular flexibility index (Phi) is 7.82. The topological polar surface area (TPSA) is 83.5 Å². The molecule has 1 saturated heterocycles. The molecule has 2 aromatic carbocycles. The van der Waals surface area contributed by atoms with Gasteiger partial charge < -0.3 is 33.3 Å². The van der Waals surface area contributed by atoms with Gasteiger partial charge in [0.15, 0.2) is 17.6 Å². The Morgan fingerprint density at radius 2 is 1.85 bits per heavy atom. The zero-order chi connectivity index (χ0) is 23.1. The second-order valence-electron chi connectivity index (χ2n) is 8.62. The lowest BCUT2D eigenvalue weighted by atomic mass is 10.1. The van der Waals surface area contributed by atoms with E-state index in [9.17, 15) is 9.90 Å². The van der Waals surface area contributed by atoms with Crippen LogP contribution in [0.5, 0.6) is 11.5 Å². The molecule has 1 fully saturated rings. The van der Waals surface area contributed by atoms with E-state index < -0.39 is 6.10 Å². The van der Waals surface area contributed by atoms with E-state index in [2.05, 4.69) is 0 Å². The van der Waals surface area contributed by atoms with E-state index in [1.165, 1.54) is 7.11 Å². The highest BCUT2D eigenvalue weighted by Crippen LogP contribution is 2.30. The average molecular weight is 459 g/mol. The Labute approximate surface area is 194 Å². The van der Waals surface area contributed by atoms with Gasteiger partial charge in [-0.25, -0.2) is 4.79 Å². The van der Waals surface area contributed by atoms with E-state index in [0.717, 1.165) is 30.9 Å². The molecule has 8 nitrogen and oxygen atoms in total. The maximum atomic E-state index is 11.7. The summed E-state index contributed by atoms with van der Waals surface area (Å²) in [6.45, 7) is 5.24. The van der Waals surface area contributed by atoms with Gasteiger partial charge in [-0.2, -0.15) is 0 Å². The van der Waals surface area contributed by atoms with Gasteiger partial charge in [-0.3, -0.25) is 0 Å². The molecule has 0 aliphatic carbocycles. The summed E-state index contributed by atoms with van der Waals surface area (Å²) >= 11 is 0. The molecule has 2 aromatic rings. The van der Waals surface area contributed by atoms with Crippen molar-refractivity contribution >= 4 is 5.97 Å². The van der Waals surface area contributed by atoms with Gasteiger partial charge in [0, 0.05) is 5.56 Å². The van der Waals surface area contributed by atoms with Gasteiger partial charge in [-0.15, -0.1) is 0 Å². The highest BCUT2D eigenvalue weighted by atomic mass is 16.6. The van der Waals surface area contributed by atoms with Gasteiger partial charge >= 0.3 is 5.97 Å². The number of ether oxygens (including phenoxy) is 5. The molecule has 33 heavy (non-hydrogen) atoms. The van der Waals surface area contributed by atoms with E-state index in [0.29, 0.717) is 48.8 Å². The van der Waals surface area contributed by atoms with Gasteiger partial charge in [-0.05, 0) is 24.3 Å². The van der Waals surface area contributed by atoms with Crippen LogP contribution < -0.4 is 9.47 Å². The van der Waals surface area contributed by atoms with Crippen LogP contribution in [0.4, 0.5) is 0 Å². The molecule has 8 heteroatoms. The van der Waals surface area contributed by atoms with Crippen molar-refractivity contribution in [2.24, 2.45) is 0 Å². The minimum Gasteiger partial charge on any atom is -0.486 e. The predicted octanol–water partition coefficient (Wildman–Crippen LogP) is 2.04. The number of fused-ring (bicyclic) bond motifs is 1. The van der Waals surface area contributed by atoms with Gasteiger partial charge in [0.1, 0.15) is 38.9 Å². The summed E-state index contributed by atoms with van der Waals surface area (Å²) in [4.78, 5) is 11.7. The molecular weight excluding hydrogens is 426 g/mol. The van der Waals surface area contributed by atoms with E-state index in [1.54, 1.807) is 12.1 Å². The zero-order valence-electron chi connectivity index (χ0n) is 19.0. The number of nitrogens with zero attached hydrogens (tertiary/aromatic N) is 1. The van der Waals surface area contributed by atoms with E-state index >= 15 is 0 Å². The third-order valence-corrected chi connectivity index (χ3v) is 6.09. The molecular formula is C25H32NO7+. The van der Waals surface area contributed by atoms with Crippen LogP contribution in [0.25, 0.3) is 0 Å². The number of esters is 1. The molecule has 178 valence electrons. The van der Waals surface area contributed by atoms with Crippen molar-refractivity contribution < 1.29 is 38.1 Å². The summed E-state index contributed by atoms with van der Waals surface area (Å²) in [6.07, 6.45) is -0.818. The SMILES string of the molecule is COC(=O)c1ccc(C[N+]2(CC(O)COCC3COc4ccccc4O3)CCOCC2)cc1. The number of aliphatic hydroxyl groups is 1. The number of carbonyl (C=O) groups excluding carboxylic acids is 1. The Balaban J connectivity index is 1.29. The van der Waals surface area contributed by atoms with Crippen molar-refractivity contribution in [2.75, 3.05) is 59.8 Å². The number of benzene rings is 2. The molecule has 0 bridgehead atoms. The predicted molar refractivity (Wildman–Crippen MR) is 120 cm³/mol. The Hall–Kier alpha value is -2.65. The second kappa shape index (κ2) is 11.0. The molecule has 1 N–H and O–H groups in total. The lowest BCUT2D eigenvalue weighted by Gasteiger charge is -2.42. The third-order valence-electron chi connectivity index (χ3n) is 6.09. The summed E-state index contributed by atoms with van der Waals surface area (Å²) in [7, 11) is 1.37. The number of hydrogen-bond donors (Lipinski definition) is 1. The van der Waals surface area contributed by atoms with Crippen molar-refractivity contribution in [3.8, 4) is 11.5 Å². The van der Waals surface area contributed by atoms with E-state index in [1.807, 2.05) is 36.4 Å². The van der Waals surface area contributed by atoms with Gasteiger partial charge in [0.05, 0.1) is 39.1 Å². The number of carbonyl (C=O) groups is 1. The zero-order valence-corrected chi connectivity index (χ0v) is 19.0. The number of rotatable bonds is 9. The largest absolute Gasteiger partial charge is 0.486 e. The highest BCUT2D eigenvalue weighted by Gasteiger charge is 2.33. The van der Waals surface area contributed by atoms with Crippen LogP contribution in [0.2, 0.25) is 0 Å². The highest BCUT2D eigenvalue weighted by molar-refractivity contribution is 5.89. The molecule has 2 heterocycles. The summed E-state index contributed by atoms with van der Waals surface area (Å²) in [6, 6.07) is 15.0. The fraction of sp³-hybridized carbons (Fsp3) is 0.480. The minimum atomic E-state index is -0.616. The first-order chi connectivity index (χ1) is 16.1. The molecule has 2 unspecified atom stereocenters. The number of hydrogen-bond acceptors (Lipinski definition) is 7. The second-order valence-corrected chi connectivity index (χ2v) is 8.62. The van der Waals surface area contributed by atoms with Crippen LogP contribution in [0.1, 0.15) is 15.9 Å². The van der Waals surface area contributed by atoms with Crippen molar-refractivity contribution in [3.05, 3.63) is 59.7 Å². The van der Waals surface area contributed by atoms with Crippen molar-refractivity contribution in [1.29, 1.82) is 0 Å². The van der Waals surface area contributed by atoms with Crippen LogP contribution >= 0.6 is 0 Å². The van der Waals surface area contributed by atoms with E-state index in [-0.39, 0.29) is 18.7 Å². The van der Waals surface area contributed by atoms with Crippen LogP contribution in [0.3, 0.4) is 0 Å². The maximum Gasteiger partial charge on any atom is 0.337 e. The van der Waals surface area contributed by atoms with Crippen molar-refractivity contribution in [2.45, 2.75) is 18.8 Å². The number of para-hydroxylation sites is 2. The molecule has 0 saturated carbocycles. The first-order valence-corrected chi connectivity index (χ1v) is 11.3. The fourth-order valence-electron chi connectivity index (χ4n) is 4.37. The number of quaternary nitrogens is 1. The van der Waals surface area contributed by atoms with Crippen LogP contribution in [-0.2, 0) is 20.8 Å². The minimum absolute atomic E-state index is 0.202. The summed E-state index contributed by atoms with van der Waals surface area (Å²) in [5.41, 5.74) is 1.63. The first-order valence-electron chi connectivity index (χ1n) is 11.3. The monoisotopic (exact) mass is 458 g/mol. The standard InChI is InChI=1S/C25H32NO7/c1-29-25(28)20-8-6-19(7-9-20)14-26(10-12-30-13-11-26)15-21(27)16-31-17-22-18-32-23-4-2-3-5-24(23)33-22/h2-9,21-22,27H,10-18H2,1H3/q+1. The smallest absolute Gasteiger partial charge is 0.337 e. The van der Waals surface area contributed by atoms with E-state index in [4.69, 9.17) is 23.7 Å². The lowest BCUT2D eigenvalue weighted by molar-refractivity contribution is -0.950. The number of morpholine rings is 1. The molecule has 2 atom stereocenters. The molecule has 4 rings (SSSR count). The van der Waals surface area contributed by atoms with Crippen molar-refractivity contribution in [1.82, 2.24) is 0 Å². The maximum absolute atomic E-state index is 11.7. The van der Waals surface area contributed by atoms with Gasteiger partial charge in [-0.1, -0.05) is 24.3 Å². The molecule has 2 aliphatic heterocycles. The molecule has 0 radical (unpaired) electrons. The Morgan fingerprint density at radius 1 is 1.12 bits per heavy atom. The van der Waals surface area contributed by atoms with Crippen molar-refractivity contribution in [3.63, 3.8) is 0 Å². The quantitative estimate of drug-likeness (QED) is 0.455. The van der Waals surface area contributed by atoms with Gasteiger partial charge in [0.2, 0.25) is 0 Å². The average Bonchev–Trinajstić information content (AvgIpc) is 2.84. The molecule has 0 spiro atoms. The van der Waals surface area contributed by atoms with Crippen LogP contribution in [0.15, 0.2) is 48.5 Å². The third kappa shape index (κ3) is 6.23. The fourth-order valence-corrected chi connectivity index (χ4v) is 4.37. The summed E-state index contributed by atoms with van der Waals surface area (Å²) < 4.78 is 28.5. The number of aliphatic hydroxyl groups excluding tert-OH is 1. The normalized spacial score (nSPS) is 20.1. The lowest BCUT2D eigenvalue weighted by Crippen LogP contribution is -2.58. The summed E-state index contributed by atoms with van der Waals surface area (Å²) in [5, 5.41) is 10.8.